The molecule has 2 rings (SSSR count). The van der Waals surface area contributed by atoms with E-state index in [-0.39, 0.29) is 11.9 Å². The Kier molecular flexibility index (Phi) is 2.49. The lowest BCUT2D eigenvalue weighted by atomic mass is 9.93. The molecule has 0 bridgehead atoms. The van der Waals surface area contributed by atoms with Crippen molar-refractivity contribution in [1.29, 1.82) is 0 Å². The monoisotopic (exact) mass is 204 g/mol. The van der Waals surface area contributed by atoms with Gasteiger partial charge in [-0.3, -0.25) is 4.79 Å². The third kappa shape index (κ3) is 1.88. The molecule has 1 heterocycles. The topological polar surface area (TPSA) is 55.1 Å². The fourth-order valence-electron chi connectivity index (χ4n) is 1.87. The van der Waals surface area contributed by atoms with E-state index in [1.807, 2.05) is 12.1 Å². The highest BCUT2D eigenvalue weighted by molar-refractivity contribution is 5.94. The molecule has 0 aromatic heterocycles. The van der Waals surface area contributed by atoms with Crippen molar-refractivity contribution in [2.45, 2.75) is 32.2 Å². The number of anilines is 1. The van der Waals surface area contributed by atoms with Crippen molar-refractivity contribution in [2.24, 2.45) is 5.73 Å². The molecule has 1 amide bonds. The van der Waals surface area contributed by atoms with Crippen molar-refractivity contribution in [1.82, 2.24) is 0 Å². The summed E-state index contributed by atoms with van der Waals surface area (Å²) >= 11 is 0. The van der Waals surface area contributed by atoms with E-state index in [9.17, 15) is 4.79 Å². The smallest absolute Gasteiger partial charge is 0.226 e. The Morgan fingerprint density at radius 3 is 2.87 bits per heavy atom. The maximum Gasteiger partial charge on any atom is 0.226 e. The molecule has 3 nitrogen and oxygen atoms in total. The quantitative estimate of drug-likeness (QED) is 0.736. The van der Waals surface area contributed by atoms with Gasteiger partial charge in [0.25, 0.3) is 0 Å². The van der Waals surface area contributed by atoms with E-state index in [0.29, 0.717) is 12.3 Å². The van der Waals surface area contributed by atoms with Crippen molar-refractivity contribution >= 4 is 11.6 Å². The Balaban J connectivity index is 2.43. The first-order chi connectivity index (χ1) is 7.08. The molecule has 3 heteroatoms. The molecule has 0 fully saturated rings. The minimum atomic E-state index is -0.160. The van der Waals surface area contributed by atoms with E-state index in [1.54, 1.807) is 0 Å². The molecule has 0 saturated heterocycles. The van der Waals surface area contributed by atoms with Gasteiger partial charge in [0.15, 0.2) is 0 Å². The van der Waals surface area contributed by atoms with E-state index < -0.39 is 0 Å². The van der Waals surface area contributed by atoms with Crippen LogP contribution in [0.5, 0.6) is 0 Å². The van der Waals surface area contributed by atoms with Gasteiger partial charge in [0, 0.05) is 18.2 Å². The third-order valence-corrected chi connectivity index (χ3v) is 2.82. The molecule has 0 saturated carbocycles. The molecule has 1 atom stereocenters. The van der Waals surface area contributed by atoms with E-state index in [0.717, 1.165) is 11.3 Å². The summed E-state index contributed by atoms with van der Waals surface area (Å²) in [6, 6.07) is 5.93. The molecule has 1 aromatic carbocycles. The first-order valence-electron chi connectivity index (χ1n) is 5.27. The number of rotatable bonds is 1. The summed E-state index contributed by atoms with van der Waals surface area (Å²) in [7, 11) is 0. The zero-order valence-corrected chi connectivity index (χ0v) is 9.08. The Labute approximate surface area is 89.7 Å². The highest BCUT2D eigenvalue weighted by Gasteiger charge is 2.22. The molecule has 1 aliphatic heterocycles. The van der Waals surface area contributed by atoms with Gasteiger partial charge in [-0.2, -0.15) is 0 Å². The fraction of sp³-hybridized carbons (Fsp3) is 0.417. The fourth-order valence-corrected chi connectivity index (χ4v) is 1.87. The van der Waals surface area contributed by atoms with E-state index in [1.165, 1.54) is 5.56 Å². The van der Waals surface area contributed by atoms with Crippen LogP contribution in [0, 0.1) is 0 Å². The average molecular weight is 204 g/mol. The van der Waals surface area contributed by atoms with Crippen LogP contribution < -0.4 is 11.1 Å². The summed E-state index contributed by atoms with van der Waals surface area (Å²) in [5.74, 6) is 0.493. The number of carbonyl (C=O) groups is 1. The molecular weight excluding hydrogens is 188 g/mol. The van der Waals surface area contributed by atoms with Crippen LogP contribution in [-0.4, -0.2) is 5.91 Å². The van der Waals surface area contributed by atoms with Crippen LogP contribution in [0.25, 0.3) is 0 Å². The van der Waals surface area contributed by atoms with Crippen LogP contribution in [0.1, 0.15) is 43.4 Å². The summed E-state index contributed by atoms with van der Waals surface area (Å²) in [6.07, 6.45) is 0.383. The lowest BCUT2D eigenvalue weighted by Crippen LogP contribution is -2.27. The van der Waals surface area contributed by atoms with Gasteiger partial charge in [-0.1, -0.05) is 26.0 Å². The summed E-state index contributed by atoms with van der Waals surface area (Å²) < 4.78 is 0. The van der Waals surface area contributed by atoms with Gasteiger partial charge in [-0.05, 0) is 23.1 Å². The SMILES string of the molecule is CC(C)c1ccc2c(c1)C(N)CC(=O)N2. The minimum Gasteiger partial charge on any atom is -0.326 e. The molecule has 1 unspecified atom stereocenters. The van der Waals surface area contributed by atoms with Gasteiger partial charge < -0.3 is 11.1 Å². The number of nitrogens with two attached hydrogens (primary N) is 1. The molecule has 1 aromatic rings. The number of hydrogen-bond acceptors (Lipinski definition) is 2. The van der Waals surface area contributed by atoms with E-state index in [4.69, 9.17) is 5.73 Å². The molecule has 0 radical (unpaired) electrons. The first-order valence-corrected chi connectivity index (χ1v) is 5.27. The Bertz CT molecular complexity index is 399. The highest BCUT2D eigenvalue weighted by atomic mass is 16.1. The van der Waals surface area contributed by atoms with E-state index >= 15 is 0 Å². The van der Waals surface area contributed by atoms with Gasteiger partial charge >= 0.3 is 0 Å². The normalized spacial score (nSPS) is 20.0. The number of nitrogens with one attached hydrogen (secondary N) is 1. The van der Waals surface area contributed by atoms with Gasteiger partial charge in [0.05, 0.1) is 0 Å². The van der Waals surface area contributed by atoms with Crippen molar-refractivity contribution < 1.29 is 4.79 Å². The highest BCUT2D eigenvalue weighted by Crippen LogP contribution is 2.31. The van der Waals surface area contributed by atoms with Crippen molar-refractivity contribution in [3.05, 3.63) is 29.3 Å². The van der Waals surface area contributed by atoms with Crippen LogP contribution in [0.15, 0.2) is 18.2 Å². The van der Waals surface area contributed by atoms with Crippen LogP contribution >= 0.6 is 0 Å². The molecule has 0 aliphatic carbocycles. The Morgan fingerprint density at radius 2 is 2.20 bits per heavy atom. The number of amides is 1. The average Bonchev–Trinajstić information content (AvgIpc) is 2.16. The number of benzene rings is 1. The molecular formula is C12H16N2O. The second-order valence-electron chi connectivity index (χ2n) is 4.36. The largest absolute Gasteiger partial charge is 0.326 e. The second-order valence-corrected chi connectivity index (χ2v) is 4.36. The lowest BCUT2D eigenvalue weighted by molar-refractivity contribution is -0.116. The van der Waals surface area contributed by atoms with Gasteiger partial charge in [0.1, 0.15) is 0 Å². The lowest BCUT2D eigenvalue weighted by Gasteiger charge is -2.23. The summed E-state index contributed by atoms with van der Waals surface area (Å²) in [4.78, 5) is 11.3. The second kappa shape index (κ2) is 3.66. The maximum atomic E-state index is 11.3. The standard InChI is InChI=1S/C12H16N2O/c1-7(2)8-3-4-11-9(5-8)10(13)6-12(15)14-11/h3-5,7,10H,6,13H2,1-2H3,(H,14,15). The van der Waals surface area contributed by atoms with E-state index in [2.05, 4.69) is 25.2 Å². The molecule has 3 N–H and O–H groups in total. The number of fused-ring (bicyclic) bond motifs is 1. The third-order valence-electron chi connectivity index (χ3n) is 2.82. The Hall–Kier alpha value is -1.35. The molecule has 1 aliphatic rings. The van der Waals surface area contributed by atoms with Crippen molar-refractivity contribution in [3.8, 4) is 0 Å². The van der Waals surface area contributed by atoms with Crippen LogP contribution in [0.4, 0.5) is 5.69 Å². The van der Waals surface area contributed by atoms with Gasteiger partial charge in [-0.25, -0.2) is 0 Å². The minimum absolute atomic E-state index is 0.00676. The maximum absolute atomic E-state index is 11.3. The predicted octanol–water partition coefficient (Wildman–Crippen LogP) is 2.15. The zero-order valence-electron chi connectivity index (χ0n) is 9.08. The zero-order chi connectivity index (χ0) is 11.0. The van der Waals surface area contributed by atoms with Gasteiger partial charge in [0.2, 0.25) is 5.91 Å². The molecule has 15 heavy (non-hydrogen) atoms. The van der Waals surface area contributed by atoms with Crippen LogP contribution in [-0.2, 0) is 4.79 Å². The molecule has 80 valence electrons. The van der Waals surface area contributed by atoms with Crippen molar-refractivity contribution in [3.63, 3.8) is 0 Å². The summed E-state index contributed by atoms with van der Waals surface area (Å²) in [5.41, 5.74) is 9.13. The van der Waals surface area contributed by atoms with Crippen molar-refractivity contribution in [2.75, 3.05) is 5.32 Å². The summed E-state index contributed by atoms with van der Waals surface area (Å²) in [5, 5.41) is 2.84. The number of carbonyl (C=O) groups excluding carboxylic acids is 1. The Morgan fingerprint density at radius 1 is 1.47 bits per heavy atom. The van der Waals surface area contributed by atoms with Gasteiger partial charge in [-0.15, -0.1) is 0 Å². The van der Waals surface area contributed by atoms with Crippen LogP contribution in [0.3, 0.4) is 0 Å². The first kappa shape index (κ1) is 10.2. The van der Waals surface area contributed by atoms with Crippen LogP contribution in [0.2, 0.25) is 0 Å². The summed E-state index contributed by atoms with van der Waals surface area (Å²) in [6.45, 7) is 4.29. The molecule has 0 spiro atoms. The number of hydrogen-bond donors (Lipinski definition) is 2. The predicted molar refractivity (Wildman–Crippen MR) is 60.7 cm³/mol.